The molecule has 0 saturated carbocycles. The van der Waals surface area contributed by atoms with Crippen LogP contribution >= 0.6 is 43.5 Å². The smallest absolute Gasteiger partial charge is 0.0647 e. The molecule has 1 aliphatic rings. The number of benzene rings is 1. The minimum absolute atomic E-state index is 0.0272. The van der Waals surface area contributed by atoms with Gasteiger partial charge in [0.05, 0.1) is 12.0 Å². The molecule has 0 radical (unpaired) electrons. The zero-order chi connectivity index (χ0) is 10.8. The number of halogens is 3. The van der Waals surface area contributed by atoms with E-state index in [1.165, 1.54) is 0 Å². The minimum Gasteiger partial charge on any atom is -0.381 e. The van der Waals surface area contributed by atoms with Gasteiger partial charge in [0.1, 0.15) is 0 Å². The number of ether oxygens (including phenoxy) is 1. The topological polar surface area (TPSA) is 9.23 Å². The largest absolute Gasteiger partial charge is 0.381 e. The summed E-state index contributed by atoms with van der Waals surface area (Å²) in [4.78, 5) is 0. The normalized spacial score (nSPS) is 23.0. The minimum atomic E-state index is 0.0272. The maximum atomic E-state index is 6.46. The van der Waals surface area contributed by atoms with Crippen LogP contribution in [0.2, 0.25) is 0 Å². The molecule has 2 unspecified atom stereocenters. The lowest BCUT2D eigenvalue weighted by Crippen LogP contribution is -2.08. The van der Waals surface area contributed by atoms with Crippen LogP contribution in [-0.2, 0) is 4.74 Å². The summed E-state index contributed by atoms with van der Waals surface area (Å²) in [5.74, 6) is 0.428. The molecule has 1 saturated heterocycles. The van der Waals surface area contributed by atoms with Crippen LogP contribution in [0, 0.1) is 5.92 Å². The molecule has 2 atom stereocenters. The van der Waals surface area contributed by atoms with E-state index in [1.807, 2.05) is 12.1 Å². The van der Waals surface area contributed by atoms with Crippen LogP contribution in [0.15, 0.2) is 27.1 Å². The summed E-state index contributed by atoms with van der Waals surface area (Å²) in [6.07, 6.45) is 1.05. The molecule has 4 heteroatoms. The second-order valence-corrected chi connectivity index (χ2v) is 5.93. The van der Waals surface area contributed by atoms with E-state index in [1.54, 1.807) is 0 Å². The van der Waals surface area contributed by atoms with Gasteiger partial charge in [-0.1, -0.05) is 31.9 Å². The Morgan fingerprint density at radius 2 is 2.20 bits per heavy atom. The summed E-state index contributed by atoms with van der Waals surface area (Å²) in [6.45, 7) is 1.60. The predicted octanol–water partition coefficient (Wildman–Crippen LogP) is 4.53. The Bertz CT molecular complexity index is 350. The van der Waals surface area contributed by atoms with E-state index in [9.17, 15) is 0 Å². The Morgan fingerprint density at radius 1 is 1.40 bits per heavy atom. The fraction of sp³-hybridized carbons (Fsp3) is 0.455. The Hall–Kier alpha value is 0.430. The molecule has 1 aliphatic heterocycles. The molecule has 0 aromatic heterocycles. The van der Waals surface area contributed by atoms with E-state index in [2.05, 4.69) is 37.9 Å². The Morgan fingerprint density at radius 3 is 2.87 bits per heavy atom. The number of hydrogen-bond donors (Lipinski definition) is 0. The summed E-state index contributed by atoms with van der Waals surface area (Å²) >= 11 is 13.5. The maximum absolute atomic E-state index is 6.46. The van der Waals surface area contributed by atoms with Gasteiger partial charge in [-0.2, -0.15) is 0 Å². The third kappa shape index (κ3) is 2.76. The highest BCUT2D eigenvalue weighted by molar-refractivity contribution is 9.11. The van der Waals surface area contributed by atoms with E-state index >= 15 is 0 Å². The first-order valence-corrected chi connectivity index (χ1v) is 6.87. The standard InChI is InChI=1S/C11H11Br2ClO/c12-8-1-2-10(13)9(5-8)11(14)7-3-4-15-6-7/h1-2,5,7,11H,3-4,6H2. The highest BCUT2D eigenvalue weighted by Crippen LogP contribution is 2.38. The molecule has 1 nitrogen and oxygen atoms in total. The molecular formula is C11H11Br2ClO. The summed E-state index contributed by atoms with van der Waals surface area (Å²) in [6, 6.07) is 6.09. The number of alkyl halides is 1. The lowest BCUT2D eigenvalue weighted by atomic mass is 9.98. The second-order valence-electron chi connectivity index (χ2n) is 3.69. The van der Waals surface area contributed by atoms with Crippen molar-refractivity contribution in [2.75, 3.05) is 13.2 Å². The molecule has 1 fully saturated rings. The zero-order valence-corrected chi connectivity index (χ0v) is 12.0. The fourth-order valence-corrected chi connectivity index (χ4v) is 3.15. The van der Waals surface area contributed by atoms with Crippen LogP contribution in [0.25, 0.3) is 0 Å². The molecule has 0 N–H and O–H groups in total. The van der Waals surface area contributed by atoms with E-state index in [0.29, 0.717) is 5.92 Å². The van der Waals surface area contributed by atoms with Crippen molar-refractivity contribution >= 4 is 43.5 Å². The number of hydrogen-bond acceptors (Lipinski definition) is 1. The van der Waals surface area contributed by atoms with Crippen molar-refractivity contribution in [1.29, 1.82) is 0 Å². The zero-order valence-electron chi connectivity index (χ0n) is 8.05. The lowest BCUT2D eigenvalue weighted by molar-refractivity contribution is 0.185. The molecule has 15 heavy (non-hydrogen) atoms. The van der Waals surface area contributed by atoms with Crippen LogP contribution in [0.4, 0.5) is 0 Å². The van der Waals surface area contributed by atoms with Crippen LogP contribution in [0.1, 0.15) is 17.4 Å². The first-order valence-electron chi connectivity index (χ1n) is 4.85. The Kier molecular flexibility index (Phi) is 4.10. The van der Waals surface area contributed by atoms with Crippen molar-refractivity contribution in [3.63, 3.8) is 0 Å². The molecule has 0 amide bonds. The van der Waals surface area contributed by atoms with Gasteiger partial charge in [0.15, 0.2) is 0 Å². The van der Waals surface area contributed by atoms with E-state index in [-0.39, 0.29) is 5.38 Å². The van der Waals surface area contributed by atoms with Crippen LogP contribution < -0.4 is 0 Å². The first-order chi connectivity index (χ1) is 7.18. The quantitative estimate of drug-likeness (QED) is 0.709. The van der Waals surface area contributed by atoms with E-state index in [0.717, 1.165) is 34.1 Å². The molecule has 82 valence electrons. The molecule has 1 heterocycles. The van der Waals surface area contributed by atoms with Crippen LogP contribution in [0.3, 0.4) is 0 Å². The van der Waals surface area contributed by atoms with Gasteiger partial charge in [0, 0.05) is 21.5 Å². The van der Waals surface area contributed by atoms with Crippen LogP contribution in [-0.4, -0.2) is 13.2 Å². The average molecular weight is 354 g/mol. The lowest BCUT2D eigenvalue weighted by Gasteiger charge is -2.17. The summed E-state index contributed by atoms with van der Waals surface area (Å²) < 4.78 is 7.49. The van der Waals surface area contributed by atoms with Gasteiger partial charge in [-0.05, 0) is 30.2 Å². The number of rotatable bonds is 2. The van der Waals surface area contributed by atoms with Gasteiger partial charge in [0.25, 0.3) is 0 Å². The van der Waals surface area contributed by atoms with Crippen molar-refractivity contribution in [3.8, 4) is 0 Å². The van der Waals surface area contributed by atoms with Crippen molar-refractivity contribution in [1.82, 2.24) is 0 Å². The predicted molar refractivity (Wildman–Crippen MR) is 69.4 cm³/mol. The SMILES string of the molecule is ClC(c1cc(Br)ccc1Br)C1CCOC1. The van der Waals surface area contributed by atoms with Gasteiger partial charge in [-0.15, -0.1) is 11.6 Å². The monoisotopic (exact) mass is 352 g/mol. The fourth-order valence-electron chi connectivity index (χ4n) is 1.76. The van der Waals surface area contributed by atoms with Gasteiger partial charge in [-0.3, -0.25) is 0 Å². The Balaban J connectivity index is 2.23. The maximum Gasteiger partial charge on any atom is 0.0647 e. The molecular weight excluding hydrogens is 343 g/mol. The third-order valence-electron chi connectivity index (χ3n) is 2.63. The summed E-state index contributed by atoms with van der Waals surface area (Å²) in [7, 11) is 0. The van der Waals surface area contributed by atoms with Gasteiger partial charge >= 0.3 is 0 Å². The second kappa shape index (κ2) is 5.17. The molecule has 0 aliphatic carbocycles. The van der Waals surface area contributed by atoms with Crippen molar-refractivity contribution < 1.29 is 4.74 Å². The van der Waals surface area contributed by atoms with Gasteiger partial charge in [0.2, 0.25) is 0 Å². The summed E-state index contributed by atoms with van der Waals surface area (Å²) in [5.41, 5.74) is 1.14. The van der Waals surface area contributed by atoms with Gasteiger partial charge < -0.3 is 4.74 Å². The first kappa shape index (κ1) is 11.9. The summed E-state index contributed by atoms with van der Waals surface area (Å²) in [5, 5.41) is 0.0272. The van der Waals surface area contributed by atoms with E-state index in [4.69, 9.17) is 16.3 Å². The molecule has 1 aromatic rings. The molecule has 1 aromatic carbocycles. The van der Waals surface area contributed by atoms with E-state index < -0.39 is 0 Å². The third-order valence-corrected chi connectivity index (χ3v) is 4.44. The van der Waals surface area contributed by atoms with Crippen LogP contribution in [0.5, 0.6) is 0 Å². The van der Waals surface area contributed by atoms with Crippen molar-refractivity contribution in [2.24, 2.45) is 5.92 Å². The average Bonchev–Trinajstić information content (AvgIpc) is 2.74. The van der Waals surface area contributed by atoms with Crippen molar-refractivity contribution in [2.45, 2.75) is 11.8 Å². The molecule has 2 rings (SSSR count). The van der Waals surface area contributed by atoms with Crippen molar-refractivity contribution in [3.05, 3.63) is 32.7 Å². The highest BCUT2D eigenvalue weighted by Gasteiger charge is 2.26. The molecule has 0 spiro atoms. The highest BCUT2D eigenvalue weighted by atomic mass is 79.9. The molecule has 0 bridgehead atoms. The van der Waals surface area contributed by atoms with Gasteiger partial charge in [-0.25, -0.2) is 0 Å². The Labute approximate surface area is 111 Å².